The summed E-state index contributed by atoms with van der Waals surface area (Å²) in [6.07, 6.45) is -1.10. The third-order valence-corrected chi connectivity index (χ3v) is 2.60. The molecule has 1 amide bonds. The molecule has 0 aromatic heterocycles. The molecule has 0 bridgehead atoms. The molecule has 2 unspecified atom stereocenters. The monoisotopic (exact) mass is 251 g/mol. The van der Waals surface area contributed by atoms with E-state index in [9.17, 15) is 9.90 Å². The van der Waals surface area contributed by atoms with Crippen molar-refractivity contribution in [1.29, 1.82) is 0 Å². The van der Waals surface area contributed by atoms with Gasteiger partial charge in [0.25, 0.3) is 5.91 Å². The second kappa shape index (κ2) is 6.40. The molecule has 0 fully saturated rings. The van der Waals surface area contributed by atoms with Crippen molar-refractivity contribution < 1.29 is 14.6 Å². The van der Waals surface area contributed by atoms with E-state index < -0.39 is 12.2 Å². The third-order valence-electron chi connectivity index (χ3n) is 2.60. The van der Waals surface area contributed by atoms with E-state index in [0.717, 1.165) is 5.56 Å². The molecule has 18 heavy (non-hydrogen) atoms. The normalized spacial score (nSPS) is 13.8. The minimum Gasteiger partial charge on any atom is -0.481 e. The number of rotatable bonds is 5. The lowest BCUT2D eigenvalue weighted by atomic mass is 10.2. The van der Waals surface area contributed by atoms with Crippen molar-refractivity contribution in [3.8, 4) is 5.75 Å². The Morgan fingerprint density at radius 1 is 1.33 bits per heavy atom. The number of carbonyl (C=O) groups is 1. The fourth-order valence-electron chi connectivity index (χ4n) is 1.67. The second-order valence-electron chi connectivity index (χ2n) is 4.64. The van der Waals surface area contributed by atoms with Crippen molar-refractivity contribution in [3.05, 3.63) is 29.8 Å². The van der Waals surface area contributed by atoms with E-state index >= 15 is 0 Å². The summed E-state index contributed by atoms with van der Waals surface area (Å²) in [6.45, 7) is 5.66. The first kappa shape index (κ1) is 14.5. The van der Waals surface area contributed by atoms with E-state index in [4.69, 9.17) is 4.74 Å². The molecule has 0 saturated carbocycles. The number of benzene rings is 1. The van der Waals surface area contributed by atoms with Crippen LogP contribution in [0.15, 0.2) is 24.3 Å². The minimum atomic E-state index is -0.559. The maximum absolute atomic E-state index is 11.9. The Kier molecular flexibility index (Phi) is 5.16. The molecule has 0 spiro atoms. The fraction of sp³-hybridized carbons (Fsp3) is 0.500. The molecule has 1 rings (SSSR count). The Balaban J connectivity index is 2.56. The first-order valence-corrected chi connectivity index (χ1v) is 6.06. The van der Waals surface area contributed by atoms with Gasteiger partial charge in [-0.05, 0) is 32.9 Å². The Morgan fingerprint density at radius 3 is 2.39 bits per heavy atom. The highest BCUT2D eigenvalue weighted by Crippen LogP contribution is 2.14. The molecule has 100 valence electrons. The average molecular weight is 251 g/mol. The van der Waals surface area contributed by atoms with Crippen LogP contribution >= 0.6 is 0 Å². The van der Waals surface area contributed by atoms with Crippen LogP contribution in [0.3, 0.4) is 0 Å². The van der Waals surface area contributed by atoms with Crippen LogP contribution < -0.4 is 4.74 Å². The highest BCUT2D eigenvalue weighted by molar-refractivity contribution is 5.80. The fourth-order valence-corrected chi connectivity index (χ4v) is 1.67. The van der Waals surface area contributed by atoms with Crippen molar-refractivity contribution in [2.24, 2.45) is 0 Å². The molecule has 2 atom stereocenters. The van der Waals surface area contributed by atoms with Crippen LogP contribution in [0.4, 0.5) is 0 Å². The van der Waals surface area contributed by atoms with Crippen molar-refractivity contribution in [2.45, 2.75) is 33.0 Å². The molecule has 0 heterocycles. The summed E-state index contributed by atoms with van der Waals surface area (Å²) in [4.78, 5) is 13.4. The first-order valence-electron chi connectivity index (χ1n) is 6.06. The number of hydrogen-bond donors (Lipinski definition) is 1. The molecule has 0 aliphatic heterocycles. The van der Waals surface area contributed by atoms with Crippen molar-refractivity contribution in [2.75, 3.05) is 13.6 Å². The Hall–Kier alpha value is -1.55. The molecule has 1 N–H and O–H groups in total. The predicted octanol–water partition coefficient (Wildman–Crippen LogP) is 1.60. The number of likely N-dealkylation sites (N-methyl/N-ethyl adjacent to an activating group) is 1. The number of nitrogens with zero attached hydrogens (tertiary/aromatic N) is 1. The molecule has 1 aromatic rings. The maximum Gasteiger partial charge on any atom is 0.263 e. The second-order valence-corrected chi connectivity index (χ2v) is 4.64. The van der Waals surface area contributed by atoms with Crippen molar-refractivity contribution in [3.63, 3.8) is 0 Å². The number of aliphatic hydroxyl groups excluding tert-OH is 1. The van der Waals surface area contributed by atoms with Gasteiger partial charge < -0.3 is 14.7 Å². The van der Waals surface area contributed by atoms with Gasteiger partial charge in [0.1, 0.15) is 5.75 Å². The van der Waals surface area contributed by atoms with Crippen LogP contribution in [0.1, 0.15) is 19.4 Å². The van der Waals surface area contributed by atoms with Gasteiger partial charge in [-0.2, -0.15) is 0 Å². The van der Waals surface area contributed by atoms with Crippen LogP contribution in [0.25, 0.3) is 0 Å². The van der Waals surface area contributed by atoms with E-state index in [1.54, 1.807) is 20.9 Å². The zero-order valence-corrected chi connectivity index (χ0v) is 11.4. The quantitative estimate of drug-likeness (QED) is 0.864. The summed E-state index contributed by atoms with van der Waals surface area (Å²) in [7, 11) is 1.66. The van der Waals surface area contributed by atoms with Crippen LogP contribution in [0, 0.1) is 6.92 Å². The van der Waals surface area contributed by atoms with Gasteiger partial charge in [-0.1, -0.05) is 17.7 Å². The smallest absolute Gasteiger partial charge is 0.263 e. The van der Waals surface area contributed by atoms with E-state index in [-0.39, 0.29) is 5.91 Å². The molecule has 0 aliphatic rings. The lowest BCUT2D eigenvalue weighted by Gasteiger charge is -2.23. The van der Waals surface area contributed by atoms with E-state index in [1.807, 2.05) is 31.2 Å². The van der Waals surface area contributed by atoms with Gasteiger partial charge in [0.2, 0.25) is 0 Å². The minimum absolute atomic E-state index is 0.142. The topological polar surface area (TPSA) is 49.8 Å². The zero-order chi connectivity index (χ0) is 13.7. The van der Waals surface area contributed by atoms with Gasteiger partial charge in [0.05, 0.1) is 6.10 Å². The summed E-state index contributed by atoms with van der Waals surface area (Å²) < 4.78 is 5.56. The predicted molar refractivity (Wildman–Crippen MR) is 70.6 cm³/mol. The number of amides is 1. The van der Waals surface area contributed by atoms with Gasteiger partial charge in [-0.25, -0.2) is 0 Å². The lowest BCUT2D eigenvalue weighted by Crippen LogP contribution is -2.41. The van der Waals surface area contributed by atoms with Gasteiger partial charge >= 0.3 is 0 Å². The van der Waals surface area contributed by atoms with Gasteiger partial charge in [0, 0.05) is 13.6 Å². The summed E-state index contributed by atoms with van der Waals surface area (Å²) in [5.74, 6) is 0.531. The van der Waals surface area contributed by atoms with Crippen LogP contribution in [0.5, 0.6) is 5.75 Å². The number of hydrogen-bond acceptors (Lipinski definition) is 3. The molecule has 0 saturated heterocycles. The maximum atomic E-state index is 11.9. The molecular formula is C14H21NO3. The highest BCUT2D eigenvalue weighted by Gasteiger charge is 2.19. The molecule has 0 aliphatic carbocycles. The van der Waals surface area contributed by atoms with Gasteiger partial charge in [-0.3, -0.25) is 4.79 Å². The Morgan fingerprint density at radius 2 is 1.89 bits per heavy atom. The third kappa shape index (κ3) is 4.37. The Labute approximate surface area is 108 Å². The van der Waals surface area contributed by atoms with Crippen molar-refractivity contribution in [1.82, 2.24) is 4.90 Å². The summed E-state index contributed by atoms with van der Waals surface area (Å²) in [6, 6.07) is 7.56. The summed E-state index contributed by atoms with van der Waals surface area (Å²) in [5.41, 5.74) is 1.15. The van der Waals surface area contributed by atoms with Crippen LogP contribution in [-0.4, -0.2) is 41.7 Å². The summed E-state index contributed by atoms with van der Waals surface area (Å²) in [5, 5.41) is 9.24. The molecular weight excluding hydrogens is 230 g/mol. The number of ether oxygens (including phenoxy) is 1. The molecule has 1 aromatic carbocycles. The van der Waals surface area contributed by atoms with Crippen molar-refractivity contribution >= 4 is 5.91 Å². The van der Waals surface area contributed by atoms with E-state index in [0.29, 0.717) is 12.3 Å². The largest absolute Gasteiger partial charge is 0.481 e. The van der Waals surface area contributed by atoms with Crippen LogP contribution in [-0.2, 0) is 4.79 Å². The van der Waals surface area contributed by atoms with Crippen LogP contribution in [0.2, 0.25) is 0 Å². The first-order chi connectivity index (χ1) is 8.40. The van der Waals surface area contributed by atoms with Gasteiger partial charge in [-0.15, -0.1) is 0 Å². The Bertz CT molecular complexity index is 387. The molecule has 4 nitrogen and oxygen atoms in total. The number of carbonyl (C=O) groups excluding carboxylic acids is 1. The lowest BCUT2D eigenvalue weighted by molar-refractivity contribution is -0.137. The summed E-state index contributed by atoms with van der Waals surface area (Å²) >= 11 is 0. The number of aliphatic hydroxyl groups is 1. The molecule has 0 radical (unpaired) electrons. The zero-order valence-electron chi connectivity index (χ0n) is 11.4. The highest BCUT2D eigenvalue weighted by atomic mass is 16.5. The average Bonchev–Trinajstić information content (AvgIpc) is 2.30. The van der Waals surface area contributed by atoms with Gasteiger partial charge in [0.15, 0.2) is 6.10 Å². The standard InChI is InChI=1S/C14H21NO3/c1-10-5-7-13(8-6-10)18-12(3)14(17)15(4)9-11(2)16/h5-8,11-12,16H,9H2,1-4H3. The van der Waals surface area contributed by atoms with E-state index in [2.05, 4.69) is 0 Å². The van der Waals surface area contributed by atoms with E-state index in [1.165, 1.54) is 4.90 Å². The number of aryl methyl sites for hydroxylation is 1. The SMILES string of the molecule is Cc1ccc(OC(C)C(=O)N(C)CC(C)O)cc1. The molecule has 4 heteroatoms.